The fourth-order valence-corrected chi connectivity index (χ4v) is 4.47. The summed E-state index contributed by atoms with van der Waals surface area (Å²) in [6.45, 7) is 2.79. The molecule has 3 aromatic carbocycles. The average Bonchev–Trinajstić information content (AvgIpc) is 3.30. The predicted molar refractivity (Wildman–Crippen MR) is 137 cm³/mol. The number of para-hydroxylation sites is 1. The summed E-state index contributed by atoms with van der Waals surface area (Å²) in [6.07, 6.45) is 1.70. The predicted octanol–water partition coefficient (Wildman–Crippen LogP) is 5.49. The number of aromatic nitrogens is 3. The molecule has 0 saturated carbocycles. The third kappa shape index (κ3) is 5.85. The maximum atomic E-state index is 12.7. The van der Waals surface area contributed by atoms with Gasteiger partial charge in [0.2, 0.25) is 5.91 Å². The molecule has 4 rings (SSSR count). The topological polar surface area (TPSA) is 69.0 Å². The lowest BCUT2D eigenvalue weighted by Crippen LogP contribution is -2.16. The van der Waals surface area contributed by atoms with E-state index in [0.29, 0.717) is 6.54 Å². The number of aryl methyl sites for hydroxylation is 2. The number of rotatable bonds is 10. The highest BCUT2D eigenvalue weighted by atomic mass is 32.2. The number of hydrogen-bond donors (Lipinski definition) is 1. The fraction of sp³-hybridized carbons (Fsp3) is 0.222. The molecule has 1 N–H and O–H groups in total. The number of amides is 1. The van der Waals surface area contributed by atoms with Crippen LogP contribution in [-0.4, -0.2) is 33.5 Å². The Balaban J connectivity index is 1.52. The third-order valence-electron chi connectivity index (χ3n) is 5.54. The minimum Gasteiger partial charge on any atom is -0.497 e. The van der Waals surface area contributed by atoms with Crippen molar-refractivity contribution in [3.8, 4) is 17.1 Å². The first-order valence-corrected chi connectivity index (χ1v) is 12.3. The van der Waals surface area contributed by atoms with Crippen molar-refractivity contribution in [3.63, 3.8) is 0 Å². The highest BCUT2D eigenvalue weighted by Gasteiger charge is 2.16. The van der Waals surface area contributed by atoms with Crippen LogP contribution >= 0.6 is 11.8 Å². The van der Waals surface area contributed by atoms with Gasteiger partial charge in [0, 0.05) is 17.8 Å². The first-order valence-electron chi connectivity index (χ1n) is 11.3. The minimum atomic E-state index is -0.0606. The van der Waals surface area contributed by atoms with Crippen LogP contribution in [0.1, 0.15) is 18.1 Å². The Hall–Kier alpha value is -3.58. The minimum absolute atomic E-state index is 0.0606. The van der Waals surface area contributed by atoms with Crippen LogP contribution in [0.2, 0.25) is 0 Å². The molecule has 1 amide bonds. The highest BCUT2D eigenvalue weighted by molar-refractivity contribution is 7.99. The van der Waals surface area contributed by atoms with Gasteiger partial charge < -0.3 is 14.6 Å². The molecule has 0 spiro atoms. The van der Waals surface area contributed by atoms with Crippen molar-refractivity contribution >= 4 is 23.4 Å². The lowest BCUT2D eigenvalue weighted by molar-refractivity contribution is -0.113. The second kappa shape index (κ2) is 11.5. The molecule has 0 unspecified atom stereocenters. The largest absolute Gasteiger partial charge is 0.497 e. The van der Waals surface area contributed by atoms with Crippen LogP contribution in [0.15, 0.2) is 84.0 Å². The normalized spacial score (nSPS) is 10.8. The number of thioether (sulfide) groups is 1. The van der Waals surface area contributed by atoms with Gasteiger partial charge in [0.15, 0.2) is 11.0 Å². The van der Waals surface area contributed by atoms with E-state index in [4.69, 9.17) is 4.74 Å². The van der Waals surface area contributed by atoms with E-state index >= 15 is 0 Å². The number of carbonyl (C=O) groups is 1. The van der Waals surface area contributed by atoms with Gasteiger partial charge in [0.05, 0.1) is 12.9 Å². The summed E-state index contributed by atoms with van der Waals surface area (Å²) in [5.41, 5.74) is 4.17. The van der Waals surface area contributed by atoms with Crippen molar-refractivity contribution in [2.45, 2.75) is 31.5 Å². The SMILES string of the molecule is CCc1ccccc1NC(=O)CSc1nnc(-c2ccc(OC)cc2)n1CCc1ccccc1. The van der Waals surface area contributed by atoms with Gasteiger partial charge in [-0.15, -0.1) is 10.2 Å². The highest BCUT2D eigenvalue weighted by Crippen LogP contribution is 2.26. The van der Waals surface area contributed by atoms with Gasteiger partial charge in [0.1, 0.15) is 5.75 Å². The molecule has 0 atom stereocenters. The lowest BCUT2D eigenvalue weighted by atomic mass is 10.1. The number of ether oxygens (including phenoxy) is 1. The summed E-state index contributed by atoms with van der Waals surface area (Å²) < 4.78 is 7.37. The Labute approximate surface area is 204 Å². The summed E-state index contributed by atoms with van der Waals surface area (Å²) in [6, 6.07) is 26.0. The lowest BCUT2D eigenvalue weighted by Gasteiger charge is -2.12. The van der Waals surface area contributed by atoms with Crippen molar-refractivity contribution in [3.05, 3.63) is 90.0 Å². The molecule has 174 valence electrons. The molecule has 0 radical (unpaired) electrons. The molecule has 0 bridgehead atoms. The van der Waals surface area contributed by atoms with Crippen LogP contribution < -0.4 is 10.1 Å². The molecule has 1 heterocycles. The number of benzene rings is 3. The summed E-state index contributed by atoms with van der Waals surface area (Å²) in [7, 11) is 1.65. The van der Waals surface area contributed by atoms with Crippen LogP contribution in [0.25, 0.3) is 11.4 Å². The number of methoxy groups -OCH3 is 1. The van der Waals surface area contributed by atoms with E-state index in [1.807, 2.05) is 66.7 Å². The Morgan fingerprint density at radius 2 is 1.71 bits per heavy atom. The summed E-state index contributed by atoms with van der Waals surface area (Å²) in [5.74, 6) is 1.76. The first kappa shape index (κ1) is 23.6. The van der Waals surface area contributed by atoms with E-state index in [9.17, 15) is 4.79 Å². The van der Waals surface area contributed by atoms with Crippen LogP contribution in [0.5, 0.6) is 5.75 Å². The number of nitrogens with one attached hydrogen (secondary N) is 1. The van der Waals surface area contributed by atoms with Crippen LogP contribution in [0.3, 0.4) is 0 Å². The van der Waals surface area contributed by atoms with Gasteiger partial charge in [-0.05, 0) is 54.3 Å². The van der Waals surface area contributed by atoms with Crippen LogP contribution in [0, 0.1) is 0 Å². The third-order valence-corrected chi connectivity index (χ3v) is 6.50. The van der Waals surface area contributed by atoms with Crippen molar-refractivity contribution < 1.29 is 9.53 Å². The second-order valence-corrected chi connectivity index (χ2v) is 8.71. The zero-order valence-corrected chi connectivity index (χ0v) is 20.2. The summed E-state index contributed by atoms with van der Waals surface area (Å²) in [5, 5.41) is 12.6. The quantitative estimate of drug-likeness (QED) is 0.309. The Morgan fingerprint density at radius 1 is 0.971 bits per heavy atom. The number of carbonyl (C=O) groups excluding carboxylic acids is 1. The van der Waals surface area contributed by atoms with Crippen molar-refractivity contribution in [1.82, 2.24) is 14.8 Å². The summed E-state index contributed by atoms with van der Waals surface area (Å²) >= 11 is 1.40. The Morgan fingerprint density at radius 3 is 2.44 bits per heavy atom. The van der Waals surface area contributed by atoms with Gasteiger partial charge in [-0.1, -0.05) is 67.2 Å². The molecule has 1 aromatic heterocycles. The smallest absolute Gasteiger partial charge is 0.234 e. The monoisotopic (exact) mass is 472 g/mol. The van der Waals surface area contributed by atoms with Crippen LogP contribution in [0.4, 0.5) is 5.69 Å². The van der Waals surface area contributed by atoms with Gasteiger partial charge in [-0.25, -0.2) is 0 Å². The molecule has 34 heavy (non-hydrogen) atoms. The molecule has 7 heteroatoms. The van der Waals surface area contributed by atoms with E-state index in [1.165, 1.54) is 17.3 Å². The molecule has 6 nitrogen and oxygen atoms in total. The summed E-state index contributed by atoms with van der Waals surface area (Å²) in [4.78, 5) is 12.7. The molecular weight excluding hydrogens is 444 g/mol. The Kier molecular flexibility index (Phi) is 7.99. The fourth-order valence-electron chi connectivity index (χ4n) is 3.70. The van der Waals surface area contributed by atoms with Gasteiger partial charge in [-0.3, -0.25) is 4.79 Å². The van der Waals surface area contributed by atoms with E-state index in [-0.39, 0.29) is 11.7 Å². The zero-order chi connectivity index (χ0) is 23.8. The van der Waals surface area contributed by atoms with Gasteiger partial charge in [0.25, 0.3) is 0 Å². The molecule has 0 fully saturated rings. The van der Waals surface area contributed by atoms with E-state index in [2.05, 4.69) is 39.1 Å². The first-order chi connectivity index (χ1) is 16.7. The Bertz CT molecular complexity index is 1220. The maximum Gasteiger partial charge on any atom is 0.234 e. The molecular formula is C27H28N4O2S. The van der Waals surface area contributed by atoms with E-state index in [1.54, 1.807) is 7.11 Å². The van der Waals surface area contributed by atoms with E-state index in [0.717, 1.165) is 46.4 Å². The van der Waals surface area contributed by atoms with Crippen molar-refractivity contribution in [2.24, 2.45) is 0 Å². The van der Waals surface area contributed by atoms with E-state index < -0.39 is 0 Å². The van der Waals surface area contributed by atoms with Crippen molar-refractivity contribution in [2.75, 3.05) is 18.2 Å². The molecule has 0 saturated heterocycles. The second-order valence-electron chi connectivity index (χ2n) is 7.77. The number of anilines is 1. The molecule has 4 aromatic rings. The van der Waals surface area contributed by atoms with Crippen molar-refractivity contribution in [1.29, 1.82) is 0 Å². The molecule has 0 aliphatic carbocycles. The molecule has 0 aliphatic heterocycles. The average molecular weight is 473 g/mol. The van der Waals surface area contributed by atoms with Gasteiger partial charge in [-0.2, -0.15) is 0 Å². The number of nitrogens with zero attached hydrogens (tertiary/aromatic N) is 3. The van der Waals surface area contributed by atoms with Crippen LogP contribution in [-0.2, 0) is 24.2 Å². The number of hydrogen-bond acceptors (Lipinski definition) is 5. The molecule has 0 aliphatic rings. The zero-order valence-electron chi connectivity index (χ0n) is 19.4. The van der Waals surface area contributed by atoms with Gasteiger partial charge >= 0.3 is 0 Å². The standard InChI is InChI=1S/C27H28N4O2S/c1-3-21-11-7-8-12-24(21)28-25(32)19-34-27-30-29-26(22-13-15-23(33-2)16-14-22)31(27)18-17-20-9-5-4-6-10-20/h4-16H,3,17-19H2,1-2H3,(H,28,32). The maximum absolute atomic E-state index is 12.7.